The average Bonchev–Trinajstić information content (AvgIpc) is 3.43. The minimum absolute atomic E-state index is 0.145. The number of aliphatic carboxylic acids is 1. The molecule has 2 unspecified atom stereocenters. The van der Waals surface area contributed by atoms with Gasteiger partial charge in [-0.25, -0.2) is 0 Å². The largest absolute Gasteiger partial charge is 0.508 e. The fourth-order valence-electron chi connectivity index (χ4n) is 5.45. The highest BCUT2D eigenvalue weighted by Crippen LogP contribution is 2.44. The molecule has 184 valence electrons. The van der Waals surface area contributed by atoms with E-state index in [1.165, 1.54) is 6.92 Å². The molecule has 3 atom stereocenters. The van der Waals surface area contributed by atoms with Crippen LogP contribution in [0.1, 0.15) is 42.0 Å². The molecule has 8 heteroatoms. The van der Waals surface area contributed by atoms with Crippen LogP contribution in [0.25, 0.3) is 11.1 Å². The Morgan fingerprint density at radius 1 is 0.972 bits per heavy atom. The van der Waals surface area contributed by atoms with Crippen molar-refractivity contribution >= 4 is 23.5 Å². The van der Waals surface area contributed by atoms with Crippen molar-refractivity contribution in [1.29, 1.82) is 0 Å². The van der Waals surface area contributed by atoms with E-state index in [0.717, 1.165) is 27.8 Å². The molecule has 1 saturated heterocycles. The number of fused-ring (bicyclic) bond motifs is 3. The third-order valence-electron chi connectivity index (χ3n) is 7.04. The Labute approximate surface area is 208 Å². The molecule has 0 bridgehead atoms. The maximum absolute atomic E-state index is 13.5. The van der Waals surface area contributed by atoms with E-state index in [0.29, 0.717) is 18.7 Å². The number of aromatic hydroxyl groups is 1. The minimum atomic E-state index is -0.948. The molecule has 0 saturated carbocycles. The fourth-order valence-corrected chi connectivity index (χ4v) is 5.45. The summed E-state index contributed by atoms with van der Waals surface area (Å²) in [6.07, 6.45) is 0.642. The van der Waals surface area contributed by atoms with Gasteiger partial charge in [0.15, 0.2) is 0 Å². The summed E-state index contributed by atoms with van der Waals surface area (Å²) in [5, 5.41) is 25.0. The normalized spacial score (nSPS) is 20.0. The molecule has 36 heavy (non-hydrogen) atoms. The van der Waals surface area contributed by atoms with Crippen molar-refractivity contribution in [3.05, 3.63) is 83.4 Å². The molecule has 4 N–H and O–H groups in total. The number of carbonyl (C=O) groups excluding carboxylic acids is 2. The molecule has 1 fully saturated rings. The highest BCUT2D eigenvalue weighted by atomic mass is 16.4. The highest BCUT2D eigenvalue weighted by Gasteiger charge is 2.41. The Morgan fingerprint density at radius 3 is 2.42 bits per heavy atom. The van der Waals surface area contributed by atoms with Crippen molar-refractivity contribution in [1.82, 2.24) is 10.2 Å². The van der Waals surface area contributed by atoms with Gasteiger partial charge >= 0.3 is 5.97 Å². The van der Waals surface area contributed by atoms with E-state index < -0.39 is 12.0 Å². The second-order valence-corrected chi connectivity index (χ2v) is 9.23. The van der Waals surface area contributed by atoms with Crippen LogP contribution >= 0.6 is 0 Å². The molecular formula is C28H27N3O5. The number of nitrogens with zero attached hydrogens (tertiary/aromatic N) is 1. The van der Waals surface area contributed by atoms with E-state index in [4.69, 9.17) is 0 Å². The smallest absolute Gasteiger partial charge is 0.317 e. The Balaban J connectivity index is 1.43. The van der Waals surface area contributed by atoms with Crippen LogP contribution in [0.3, 0.4) is 0 Å². The molecule has 0 aromatic heterocycles. The van der Waals surface area contributed by atoms with Crippen LogP contribution in [0.2, 0.25) is 0 Å². The Kier molecular flexibility index (Phi) is 6.20. The molecule has 1 aliphatic carbocycles. The van der Waals surface area contributed by atoms with Gasteiger partial charge in [0.2, 0.25) is 11.8 Å². The number of carbonyl (C=O) groups is 3. The van der Waals surface area contributed by atoms with Crippen LogP contribution in [-0.4, -0.2) is 52.0 Å². The first-order chi connectivity index (χ1) is 17.3. The van der Waals surface area contributed by atoms with Gasteiger partial charge in [-0.2, -0.15) is 0 Å². The van der Waals surface area contributed by atoms with E-state index >= 15 is 0 Å². The second-order valence-electron chi connectivity index (χ2n) is 9.23. The first kappa shape index (κ1) is 23.6. The summed E-state index contributed by atoms with van der Waals surface area (Å²) in [7, 11) is 0. The molecule has 3 aromatic rings. The molecule has 0 spiro atoms. The third kappa shape index (κ3) is 4.31. The minimum Gasteiger partial charge on any atom is -0.508 e. The number of phenols is 1. The predicted molar refractivity (Wildman–Crippen MR) is 135 cm³/mol. The number of rotatable bonds is 6. The van der Waals surface area contributed by atoms with Gasteiger partial charge in [0.25, 0.3) is 0 Å². The molecule has 1 heterocycles. The maximum Gasteiger partial charge on any atom is 0.317 e. The molecule has 0 radical (unpaired) electrons. The van der Waals surface area contributed by atoms with Crippen molar-refractivity contribution in [2.75, 3.05) is 18.4 Å². The monoisotopic (exact) mass is 485 g/mol. The number of phenolic OH excluding ortho intramolecular Hbond substituents is 1. The van der Waals surface area contributed by atoms with Gasteiger partial charge < -0.3 is 20.4 Å². The van der Waals surface area contributed by atoms with Crippen molar-refractivity contribution in [3.8, 4) is 16.9 Å². The van der Waals surface area contributed by atoms with Gasteiger partial charge in [0, 0.05) is 25.1 Å². The zero-order valence-electron chi connectivity index (χ0n) is 19.8. The van der Waals surface area contributed by atoms with Crippen molar-refractivity contribution in [2.24, 2.45) is 0 Å². The van der Waals surface area contributed by atoms with E-state index in [1.54, 1.807) is 29.2 Å². The predicted octanol–water partition coefficient (Wildman–Crippen LogP) is 3.48. The topological polar surface area (TPSA) is 119 Å². The molecule has 2 amide bonds. The second kappa shape index (κ2) is 9.47. The molecular weight excluding hydrogens is 458 g/mol. The summed E-state index contributed by atoms with van der Waals surface area (Å²) in [6, 6.07) is 19.2. The van der Waals surface area contributed by atoms with Gasteiger partial charge in [0.05, 0.1) is 12.6 Å². The zero-order chi connectivity index (χ0) is 25.4. The van der Waals surface area contributed by atoms with Gasteiger partial charge in [-0.1, -0.05) is 42.5 Å². The summed E-state index contributed by atoms with van der Waals surface area (Å²) < 4.78 is 0. The Bertz CT molecular complexity index is 1340. The van der Waals surface area contributed by atoms with Crippen molar-refractivity contribution < 1.29 is 24.6 Å². The SMILES string of the molecule is CC(=O)N1CCC(c2ccc(O)cc2)[C@@H]1C(=O)Nc1ccc2c(c1)C(NCC(=O)O)c1ccccc1-2. The summed E-state index contributed by atoms with van der Waals surface area (Å²) in [6.45, 7) is 1.74. The van der Waals surface area contributed by atoms with E-state index in [-0.39, 0.29) is 36.1 Å². The molecule has 5 rings (SSSR count). The van der Waals surface area contributed by atoms with Crippen molar-refractivity contribution in [3.63, 3.8) is 0 Å². The molecule has 8 nitrogen and oxygen atoms in total. The number of nitrogens with one attached hydrogen (secondary N) is 2. The van der Waals surface area contributed by atoms with Gasteiger partial charge in [-0.15, -0.1) is 0 Å². The summed E-state index contributed by atoms with van der Waals surface area (Å²) >= 11 is 0. The van der Waals surface area contributed by atoms with Crippen molar-refractivity contribution in [2.45, 2.75) is 31.3 Å². The quantitative estimate of drug-likeness (QED) is 0.425. The standard InChI is InChI=1S/C28H27N3O5/c1-16(32)31-13-12-20(17-6-9-19(33)10-7-17)27(31)28(36)30-18-8-11-22-21-4-2-3-5-23(21)26(24(22)14-18)29-15-25(34)35/h2-11,14,20,26-27,29,33H,12-13,15H2,1H3,(H,30,36)(H,34,35)/t20?,26?,27-/m1/s1. The Morgan fingerprint density at radius 2 is 1.69 bits per heavy atom. The van der Waals surface area contributed by atoms with Gasteiger partial charge in [-0.3, -0.25) is 19.7 Å². The van der Waals surface area contributed by atoms with E-state index in [1.807, 2.05) is 42.5 Å². The molecule has 1 aliphatic heterocycles. The number of hydrogen-bond donors (Lipinski definition) is 4. The van der Waals surface area contributed by atoms with Crippen LogP contribution in [0, 0.1) is 0 Å². The number of likely N-dealkylation sites (tertiary alicyclic amines) is 1. The van der Waals surface area contributed by atoms with Gasteiger partial charge in [-0.05, 0) is 58.5 Å². The lowest BCUT2D eigenvalue weighted by Gasteiger charge is -2.27. The lowest BCUT2D eigenvalue weighted by molar-refractivity contribution is -0.136. The number of anilines is 1. The van der Waals surface area contributed by atoms with Crippen LogP contribution < -0.4 is 10.6 Å². The summed E-state index contributed by atoms with van der Waals surface area (Å²) in [4.78, 5) is 38.7. The molecule has 3 aromatic carbocycles. The fraction of sp³-hybridized carbons (Fsp3) is 0.250. The lowest BCUT2D eigenvalue weighted by atomic mass is 9.91. The van der Waals surface area contributed by atoms with Crippen LogP contribution in [-0.2, 0) is 14.4 Å². The maximum atomic E-state index is 13.5. The summed E-state index contributed by atoms with van der Waals surface area (Å²) in [5.41, 5.74) is 5.36. The number of benzene rings is 3. The first-order valence-electron chi connectivity index (χ1n) is 11.9. The zero-order valence-corrected chi connectivity index (χ0v) is 19.8. The first-order valence-corrected chi connectivity index (χ1v) is 11.9. The third-order valence-corrected chi connectivity index (χ3v) is 7.04. The average molecular weight is 486 g/mol. The lowest BCUT2D eigenvalue weighted by Crippen LogP contribution is -2.44. The Hall–Kier alpha value is -4.17. The van der Waals surface area contributed by atoms with Crippen LogP contribution in [0.15, 0.2) is 66.7 Å². The highest BCUT2D eigenvalue weighted by molar-refractivity contribution is 5.98. The van der Waals surface area contributed by atoms with E-state index in [9.17, 15) is 24.6 Å². The summed E-state index contributed by atoms with van der Waals surface area (Å²) in [5.74, 6) is -1.45. The van der Waals surface area contributed by atoms with E-state index in [2.05, 4.69) is 10.6 Å². The number of amides is 2. The number of hydrogen-bond acceptors (Lipinski definition) is 5. The van der Waals surface area contributed by atoms with Gasteiger partial charge in [0.1, 0.15) is 11.8 Å². The number of carboxylic acids is 1. The van der Waals surface area contributed by atoms with Crippen LogP contribution in [0.4, 0.5) is 5.69 Å². The molecule has 2 aliphatic rings. The van der Waals surface area contributed by atoms with Crippen LogP contribution in [0.5, 0.6) is 5.75 Å². The number of carboxylic acid groups (broad SMARTS) is 1.